The van der Waals surface area contributed by atoms with Crippen LogP contribution in [0.25, 0.3) is 22.2 Å². The Hall–Kier alpha value is -3.94. The van der Waals surface area contributed by atoms with Crippen molar-refractivity contribution in [1.29, 1.82) is 0 Å². The van der Waals surface area contributed by atoms with Crippen LogP contribution >= 0.6 is 23.2 Å². The molecular formula is C25H17Cl2N3O4. The Balaban J connectivity index is 1.46. The van der Waals surface area contributed by atoms with Crippen LogP contribution < -0.4 is 10.9 Å². The molecule has 9 heteroatoms. The van der Waals surface area contributed by atoms with Gasteiger partial charge in [-0.25, -0.2) is 9.78 Å². The maximum atomic E-state index is 12.8. The van der Waals surface area contributed by atoms with Crippen molar-refractivity contribution in [1.82, 2.24) is 15.8 Å². The molecule has 0 fully saturated rings. The Morgan fingerprint density at radius 2 is 1.53 bits per heavy atom. The molecule has 0 bridgehead atoms. The van der Waals surface area contributed by atoms with E-state index in [2.05, 4.69) is 15.8 Å². The number of ether oxygens (including phenoxy) is 1. The zero-order valence-electron chi connectivity index (χ0n) is 17.5. The molecule has 2 amide bonds. The highest BCUT2D eigenvalue weighted by atomic mass is 35.5. The summed E-state index contributed by atoms with van der Waals surface area (Å²) in [5.74, 6) is -2.02. The minimum absolute atomic E-state index is 0.194. The number of esters is 1. The predicted octanol–water partition coefficient (Wildman–Crippen LogP) is 4.83. The number of hydrogen-bond acceptors (Lipinski definition) is 5. The van der Waals surface area contributed by atoms with Crippen molar-refractivity contribution in [3.05, 3.63) is 100 Å². The van der Waals surface area contributed by atoms with Gasteiger partial charge in [-0.05, 0) is 36.4 Å². The van der Waals surface area contributed by atoms with Gasteiger partial charge in [0.05, 0.1) is 27.4 Å². The van der Waals surface area contributed by atoms with E-state index < -0.39 is 24.4 Å². The normalized spacial score (nSPS) is 10.5. The molecule has 0 unspecified atom stereocenters. The summed E-state index contributed by atoms with van der Waals surface area (Å²) in [6, 6.07) is 22.1. The van der Waals surface area contributed by atoms with Gasteiger partial charge in [-0.15, -0.1) is 0 Å². The summed E-state index contributed by atoms with van der Waals surface area (Å²) in [5.41, 5.74) is 6.79. The summed E-state index contributed by atoms with van der Waals surface area (Å²) in [6.07, 6.45) is 0. The summed E-state index contributed by atoms with van der Waals surface area (Å²) in [7, 11) is 0. The number of para-hydroxylation sites is 1. The van der Waals surface area contributed by atoms with E-state index in [-0.39, 0.29) is 16.1 Å². The van der Waals surface area contributed by atoms with Crippen molar-refractivity contribution in [2.45, 2.75) is 0 Å². The third-order valence-electron chi connectivity index (χ3n) is 4.84. The van der Waals surface area contributed by atoms with Crippen molar-refractivity contribution >= 4 is 51.9 Å². The van der Waals surface area contributed by atoms with Gasteiger partial charge < -0.3 is 4.74 Å². The first kappa shape index (κ1) is 23.2. The van der Waals surface area contributed by atoms with Gasteiger partial charge in [0.25, 0.3) is 11.8 Å². The van der Waals surface area contributed by atoms with E-state index in [1.54, 1.807) is 66.7 Å². The zero-order chi connectivity index (χ0) is 24.1. The standard InChI is InChI=1S/C25H17Cl2N3O4/c26-16-11-9-15(10-12-16)22-13-19(17-5-2-4-8-21(17)28-22)25(33)34-14-23(31)29-30-24(32)18-6-1-3-7-20(18)27/h1-13H,14H2,(H,29,31)(H,30,32). The van der Waals surface area contributed by atoms with Crippen LogP contribution in [0, 0.1) is 0 Å². The molecule has 0 saturated heterocycles. The number of hydrogen-bond donors (Lipinski definition) is 2. The highest BCUT2D eigenvalue weighted by Gasteiger charge is 2.17. The molecule has 0 aliphatic rings. The van der Waals surface area contributed by atoms with Crippen LogP contribution in [-0.4, -0.2) is 29.4 Å². The first-order valence-corrected chi connectivity index (χ1v) is 10.8. The second-order valence-corrected chi connectivity index (χ2v) is 7.98. The molecule has 0 atom stereocenters. The zero-order valence-corrected chi connectivity index (χ0v) is 19.1. The third kappa shape index (κ3) is 5.33. The Bertz CT molecular complexity index is 1390. The number of nitrogens with one attached hydrogen (secondary N) is 2. The van der Waals surface area contributed by atoms with Gasteiger partial charge in [0, 0.05) is 16.0 Å². The second kappa shape index (κ2) is 10.3. The van der Waals surface area contributed by atoms with Crippen molar-refractivity contribution in [3.8, 4) is 11.3 Å². The lowest BCUT2D eigenvalue weighted by molar-refractivity contribution is -0.125. The average Bonchev–Trinajstić information content (AvgIpc) is 2.86. The molecule has 0 aliphatic carbocycles. The number of aromatic nitrogens is 1. The lowest BCUT2D eigenvalue weighted by Gasteiger charge is -2.11. The van der Waals surface area contributed by atoms with Gasteiger partial charge in [-0.3, -0.25) is 20.4 Å². The number of nitrogens with zero attached hydrogens (tertiary/aromatic N) is 1. The highest BCUT2D eigenvalue weighted by Crippen LogP contribution is 2.26. The van der Waals surface area contributed by atoms with Crippen molar-refractivity contribution in [2.24, 2.45) is 0 Å². The average molecular weight is 494 g/mol. The third-order valence-corrected chi connectivity index (χ3v) is 5.43. The Kier molecular flexibility index (Phi) is 7.06. The fourth-order valence-corrected chi connectivity index (χ4v) is 3.54. The van der Waals surface area contributed by atoms with Crippen molar-refractivity contribution in [3.63, 3.8) is 0 Å². The number of halogens is 2. The molecule has 0 aliphatic heterocycles. The van der Waals surface area contributed by atoms with E-state index in [1.807, 2.05) is 6.07 Å². The number of carbonyl (C=O) groups is 3. The second-order valence-electron chi connectivity index (χ2n) is 7.14. The topological polar surface area (TPSA) is 97.4 Å². The summed E-state index contributed by atoms with van der Waals surface area (Å²) in [6.45, 7) is -0.603. The quantitative estimate of drug-likeness (QED) is 0.306. The molecule has 4 rings (SSSR count). The molecule has 170 valence electrons. The SMILES string of the molecule is O=C(COC(=O)c1cc(-c2ccc(Cl)cc2)nc2ccccc12)NNC(=O)c1ccccc1Cl. The maximum Gasteiger partial charge on any atom is 0.339 e. The number of pyridine rings is 1. The molecule has 7 nitrogen and oxygen atoms in total. The van der Waals surface area contributed by atoms with Gasteiger partial charge in [-0.1, -0.05) is 65.7 Å². The molecule has 0 radical (unpaired) electrons. The summed E-state index contributed by atoms with van der Waals surface area (Å²) >= 11 is 11.9. The van der Waals surface area contributed by atoms with Gasteiger partial charge in [0.1, 0.15) is 0 Å². The summed E-state index contributed by atoms with van der Waals surface area (Å²) in [4.78, 5) is 41.7. The lowest BCUT2D eigenvalue weighted by Crippen LogP contribution is -2.43. The summed E-state index contributed by atoms with van der Waals surface area (Å²) in [5, 5.41) is 1.40. The molecule has 1 aromatic heterocycles. The number of hydrazine groups is 1. The molecule has 0 spiro atoms. The molecule has 3 aromatic carbocycles. The van der Waals surface area contributed by atoms with E-state index in [0.717, 1.165) is 5.56 Å². The molecule has 0 saturated carbocycles. The first-order valence-electron chi connectivity index (χ1n) is 10.1. The fourth-order valence-electron chi connectivity index (χ4n) is 3.20. The van der Waals surface area contributed by atoms with Gasteiger partial charge in [-0.2, -0.15) is 0 Å². The first-order chi connectivity index (χ1) is 16.4. The Morgan fingerprint density at radius 1 is 0.824 bits per heavy atom. The number of amides is 2. The van der Waals surface area contributed by atoms with E-state index in [4.69, 9.17) is 27.9 Å². The van der Waals surface area contributed by atoms with E-state index in [0.29, 0.717) is 21.6 Å². The lowest BCUT2D eigenvalue weighted by atomic mass is 10.0. The van der Waals surface area contributed by atoms with Crippen LogP contribution in [0.5, 0.6) is 0 Å². The summed E-state index contributed by atoms with van der Waals surface area (Å²) < 4.78 is 5.19. The molecule has 1 heterocycles. The maximum absolute atomic E-state index is 12.8. The molecule has 2 N–H and O–H groups in total. The molecule has 4 aromatic rings. The molecule has 34 heavy (non-hydrogen) atoms. The van der Waals surface area contributed by atoms with Crippen LogP contribution in [0.2, 0.25) is 10.0 Å². The number of benzene rings is 3. The van der Waals surface area contributed by atoms with Crippen molar-refractivity contribution in [2.75, 3.05) is 6.61 Å². The van der Waals surface area contributed by atoms with Gasteiger partial charge in [0.2, 0.25) is 0 Å². The van der Waals surface area contributed by atoms with E-state index in [9.17, 15) is 14.4 Å². The van der Waals surface area contributed by atoms with E-state index in [1.165, 1.54) is 6.07 Å². The van der Waals surface area contributed by atoms with Gasteiger partial charge >= 0.3 is 5.97 Å². The predicted molar refractivity (Wildman–Crippen MR) is 130 cm³/mol. The largest absolute Gasteiger partial charge is 0.452 e. The number of rotatable bonds is 5. The van der Waals surface area contributed by atoms with Crippen molar-refractivity contribution < 1.29 is 19.1 Å². The van der Waals surface area contributed by atoms with Crippen LogP contribution in [0.15, 0.2) is 78.9 Å². The Labute approximate surface area is 204 Å². The van der Waals surface area contributed by atoms with Crippen LogP contribution in [0.3, 0.4) is 0 Å². The fraction of sp³-hybridized carbons (Fsp3) is 0.0400. The van der Waals surface area contributed by atoms with E-state index >= 15 is 0 Å². The smallest absolute Gasteiger partial charge is 0.339 e. The molecular weight excluding hydrogens is 477 g/mol. The highest BCUT2D eigenvalue weighted by molar-refractivity contribution is 6.33. The van der Waals surface area contributed by atoms with Crippen LogP contribution in [0.4, 0.5) is 0 Å². The number of carbonyl (C=O) groups excluding carboxylic acids is 3. The van der Waals surface area contributed by atoms with Crippen LogP contribution in [0.1, 0.15) is 20.7 Å². The van der Waals surface area contributed by atoms with Gasteiger partial charge in [0.15, 0.2) is 6.61 Å². The monoisotopic (exact) mass is 493 g/mol. The van der Waals surface area contributed by atoms with Crippen LogP contribution in [-0.2, 0) is 9.53 Å². The number of fused-ring (bicyclic) bond motifs is 1. The Morgan fingerprint density at radius 3 is 2.29 bits per heavy atom. The minimum Gasteiger partial charge on any atom is -0.452 e. The minimum atomic E-state index is -0.718.